The zero-order valence-electron chi connectivity index (χ0n) is 13.3. The number of benzene rings is 2. The van der Waals surface area contributed by atoms with Crippen LogP contribution in [0.1, 0.15) is 11.1 Å². The number of nitrogens with zero attached hydrogens (tertiary/aromatic N) is 2. The van der Waals surface area contributed by atoms with E-state index in [9.17, 15) is 19.1 Å². The van der Waals surface area contributed by atoms with Gasteiger partial charge >= 0.3 is 5.69 Å². The average Bonchev–Trinajstić information content (AvgIpc) is 2.61. The lowest BCUT2D eigenvalue weighted by atomic mass is 10.2. The van der Waals surface area contributed by atoms with Gasteiger partial charge in [-0.05, 0) is 42.0 Å². The van der Waals surface area contributed by atoms with Crippen LogP contribution in [0.5, 0.6) is 5.88 Å². The van der Waals surface area contributed by atoms with Gasteiger partial charge in [-0.25, -0.2) is 9.18 Å². The van der Waals surface area contributed by atoms with E-state index in [-0.39, 0.29) is 12.1 Å². The predicted octanol–water partition coefficient (Wildman–Crippen LogP) is 2.83. The molecule has 0 fully saturated rings. The number of nitrogens with one attached hydrogen (secondary N) is 1. The van der Waals surface area contributed by atoms with E-state index in [0.29, 0.717) is 16.3 Å². The molecule has 3 rings (SSSR count). The van der Waals surface area contributed by atoms with Crippen LogP contribution in [-0.4, -0.2) is 20.9 Å². The number of aromatic hydroxyl groups is 1. The van der Waals surface area contributed by atoms with Crippen LogP contribution in [0, 0.1) is 5.82 Å². The number of rotatable bonds is 4. The summed E-state index contributed by atoms with van der Waals surface area (Å²) in [6.45, 7) is -0.0382. The van der Waals surface area contributed by atoms with Gasteiger partial charge < -0.3 is 5.11 Å². The fourth-order valence-corrected chi connectivity index (χ4v) is 2.40. The highest BCUT2D eigenvalue weighted by molar-refractivity contribution is 6.30. The van der Waals surface area contributed by atoms with E-state index < -0.39 is 22.9 Å². The Morgan fingerprint density at radius 1 is 1.12 bits per heavy atom. The first-order valence-corrected chi connectivity index (χ1v) is 7.92. The Balaban J connectivity index is 1.98. The van der Waals surface area contributed by atoms with Gasteiger partial charge in [0.25, 0.3) is 5.56 Å². The molecule has 26 heavy (non-hydrogen) atoms. The van der Waals surface area contributed by atoms with Crippen molar-refractivity contribution in [2.45, 2.75) is 6.54 Å². The molecule has 6 nitrogen and oxygen atoms in total. The third-order valence-electron chi connectivity index (χ3n) is 3.63. The maximum atomic E-state index is 13.0. The molecule has 3 aromatic rings. The lowest BCUT2D eigenvalue weighted by Crippen LogP contribution is -2.32. The summed E-state index contributed by atoms with van der Waals surface area (Å²) in [7, 11) is 0. The second-order valence-corrected chi connectivity index (χ2v) is 5.88. The van der Waals surface area contributed by atoms with E-state index in [4.69, 9.17) is 11.6 Å². The van der Waals surface area contributed by atoms with Gasteiger partial charge in [-0.2, -0.15) is 0 Å². The average molecular weight is 374 g/mol. The summed E-state index contributed by atoms with van der Waals surface area (Å²) in [5, 5.41) is 10.9. The molecule has 0 spiro atoms. The molecule has 0 bridgehead atoms. The van der Waals surface area contributed by atoms with E-state index >= 15 is 0 Å². The number of aliphatic imine (C=N–C) groups is 1. The Morgan fingerprint density at radius 2 is 1.77 bits per heavy atom. The lowest BCUT2D eigenvalue weighted by molar-refractivity contribution is 0.408. The van der Waals surface area contributed by atoms with Gasteiger partial charge in [0, 0.05) is 11.2 Å². The summed E-state index contributed by atoms with van der Waals surface area (Å²) >= 11 is 5.80. The molecule has 0 aliphatic heterocycles. The minimum atomic E-state index is -0.777. The van der Waals surface area contributed by atoms with E-state index in [1.54, 1.807) is 24.3 Å². The second-order valence-electron chi connectivity index (χ2n) is 5.44. The molecule has 0 radical (unpaired) electrons. The van der Waals surface area contributed by atoms with Crippen molar-refractivity contribution < 1.29 is 9.50 Å². The van der Waals surface area contributed by atoms with E-state index in [1.165, 1.54) is 24.3 Å². The van der Waals surface area contributed by atoms with Crippen LogP contribution in [0.15, 0.2) is 63.1 Å². The van der Waals surface area contributed by atoms with Gasteiger partial charge in [0.15, 0.2) is 0 Å². The van der Waals surface area contributed by atoms with Gasteiger partial charge in [-0.3, -0.25) is 19.3 Å². The van der Waals surface area contributed by atoms with E-state index in [1.807, 2.05) is 0 Å². The van der Waals surface area contributed by atoms with Crippen molar-refractivity contribution in [1.29, 1.82) is 0 Å². The van der Waals surface area contributed by atoms with Crippen LogP contribution < -0.4 is 11.2 Å². The smallest absolute Gasteiger partial charge is 0.331 e. The van der Waals surface area contributed by atoms with Crippen molar-refractivity contribution in [3.8, 4) is 5.88 Å². The Morgan fingerprint density at radius 3 is 2.42 bits per heavy atom. The van der Waals surface area contributed by atoms with Gasteiger partial charge in [0.05, 0.1) is 12.2 Å². The molecule has 0 saturated carbocycles. The maximum absolute atomic E-state index is 13.0. The van der Waals surface area contributed by atoms with Gasteiger partial charge in [0.1, 0.15) is 11.4 Å². The molecule has 2 aromatic carbocycles. The fraction of sp³-hybridized carbons (Fsp3) is 0.0556. The molecule has 0 aliphatic rings. The SMILES string of the molecule is O=c1[nH]c(=O)n(Cc2ccc(F)cc2)c(O)c1C=Nc1ccc(Cl)cc1. The minimum absolute atomic E-state index is 0.0382. The van der Waals surface area contributed by atoms with Crippen molar-refractivity contribution in [2.24, 2.45) is 4.99 Å². The second kappa shape index (κ2) is 7.37. The number of aromatic nitrogens is 2. The Bertz CT molecular complexity index is 1070. The summed E-state index contributed by atoms with van der Waals surface area (Å²) in [6, 6.07) is 12.0. The maximum Gasteiger partial charge on any atom is 0.331 e. The standard InChI is InChI=1S/C18H13ClFN3O3/c19-12-3-7-14(8-4-12)21-9-15-16(24)22-18(26)23(17(15)25)10-11-1-5-13(20)6-2-11/h1-9,25H,10H2,(H,22,24,26). The monoisotopic (exact) mass is 373 g/mol. The number of hydrogen-bond acceptors (Lipinski definition) is 4. The van der Waals surface area contributed by atoms with Crippen molar-refractivity contribution >= 4 is 23.5 Å². The third kappa shape index (κ3) is 3.89. The number of H-pyrrole nitrogens is 1. The first-order valence-electron chi connectivity index (χ1n) is 7.54. The van der Waals surface area contributed by atoms with Crippen molar-refractivity contribution in [3.63, 3.8) is 0 Å². The number of hydrogen-bond donors (Lipinski definition) is 2. The number of halogens is 2. The first-order chi connectivity index (χ1) is 12.4. The normalized spacial score (nSPS) is 11.2. The molecule has 2 N–H and O–H groups in total. The van der Waals surface area contributed by atoms with Crippen LogP contribution >= 0.6 is 11.6 Å². The largest absolute Gasteiger partial charge is 0.494 e. The summed E-state index contributed by atoms with van der Waals surface area (Å²) in [6.07, 6.45) is 1.16. The van der Waals surface area contributed by atoms with Crippen molar-refractivity contribution in [1.82, 2.24) is 9.55 Å². The topological polar surface area (TPSA) is 87.5 Å². The van der Waals surface area contributed by atoms with Gasteiger partial charge in [-0.15, -0.1) is 0 Å². The fourth-order valence-electron chi connectivity index (χ4n) is 2.28. The highest BCUT2D eigenvalue weighted by Crippen LogP contribution is 2.17. The van der Waals surface area contributed by atoms with Crippen LogP contribution in [0.3, 0.4) is 0 Å². The summed E-state index contributed by atoms with van der Waals surface area (Å²) in [4.78, 5) is 30.2. The molecule has 132 valence electrons. The van der Waals surface area contributed by atoms with Crippen LogP contribution in [0.2, 0.25) is 5.02 Å². The molecule has 0 atom stereocenters. The Labute approximate surface area is 151 Å². The molecule has 8 heteroatoms. The predicted molar refractivity (Wildman–Crippen MR) is 97.2 cm³/mol. The zero-order chi connectivity index (χ0) is 18.7. The first kappa shape index (κ1) is 17.6. The van der Waals surface area contributed by atoms with Gasteiger partial charge in [0.2, 0.25) is 5.88 Å². The molecule has 0 unspecified atom stereocenters. The molecular formula is C18H13ClFN3O3. The summed E-state index contributed by atoms with van der Waals surface area (Å²) in [5.41, 5.74) is -0.608. The molecule has 1 aromatic heterocycles. The Kier molecular flexibility index (Phi) is 4.99. The van der Waals surface area contributed by atoms with Crippen LogP contribution in [-0.2, 0) is 6.54 Å². The van der Waals surface area contributed by atoms with E-state index in [2.05, 4.69) is 9.98 Å². The van der Waals surface area contributed by atoms with Gasteiger partial charge in [-0.1, -0.05) is 23.7 Å². The minimum Gasteiger partial charge on any atom is -0.494 e. The van der Waals surface area contributed by atoms with Crippen molar-refractivity contribution in [3.05, 3.63) is 91.3 Å². The quantitative estimate of drug-likeness (QED) is 0.689. The number of aromatic amines is 1. The molecule has 0 saturated heterocycles. The molecule has 0 aliphatic carbocycles. The highest BCUT2D eigenvalue weighted by Gasteiger charge is 2.13. The summed E-state index contributed by atoms with van der Waals surface area (Å²) in [5.74, 6) is -0.941. The Hall–Kier alpha value is -3.19. The van der Waals surface area contributed by atoms with E-state index in [0.717, 1.165) is 10.8 Å². The highest BCUT2D eigenvalue weighted by atomic mass is 35.5. The van der Waals surface area contributed by atoms with Crippen LogP contribution in [0.4, 0.5) is 10.1 Å². The van der Waals surface area contributed by atoms with Crippen LogP contribution in [0.25, 0.3) is 0 Å². The molecule has 0 amide bonds. The molecular weight excluding hydrogens is 361 g/mol. The third-order valence-corrected chi connectivity index (χ3v) is 3.88. The zero-order valence-corrected chi connectivity index (χ0v) is 14.1. The lowest BCUT2D eigenvalue weighted by Gasteiger charge is -2.09. The summed E-state index contributed by atoms with van der Waals surface area (Å²) < 4.78 is 14.0. The molecule has 1 heterocycles. The van der Waals surface area contributed by atoms with Crippen molar-refractivity contribution in [2.75, 3.05) is 0 Å².